The molecule has 0 aromatic carbocycles. The first kappa shape index (κ1) is 10.8. The van der Waals surface area contributed by atoms with Crippen molar-refractivity contribution in [2.75, 3.05) is 19.7 Å². The third kappa shape index (κ3) is 3.52. The highest BCUT2D eigenvalue weighted by Crippen LogP contribution is 2.27. The summed E-state index contributed by atoms with van der Waals surface area (Å²) < 4.78 is 36.1. The summed E-state index contributed by atoms with van der Waals surface area (Å²) in [6, 6.07) is 0.0359. The maximum absolute atomic E-state index is 12.0. The lowest BCUT2D eigenvalue weighted by Gasteiger charge is -2.37. The van der Waals surface area contributed by atoms with Gasteiger partial charge in [0.25, 0.3) is 0 Å². The van der Waals surface area contributed by atoms with E-state index in [1.807, 2.05) is 0 Å². The molecule has 1 fully saturated rings. The van der Waals surface area contributed by atoms with Gasteiger partial charge >= 0.3 is 6.18 Å². The zero-order valence-corrected chi connectivity index (χ0v) is 7.35. The van der Waals surface area contributed by atoms with E-state index < -0.39 is 12.7 Å². The Hall–Kier alpha value is -0.290. The van der Waals surface area contributed by atoms with Crippen LogP contribution in [0.5, 0.6) is 0 Å². The van der Waals surface area contributed by atoms with E-state index in [0.29, 0.717) is 0 Å². The Balaban J connectivity index is 2.37. The third-order valence-corrected chi connectivity index (χ3v) is 2.36. The van der Waals surface area contributed by atoms with Crippen LogP contribution in [-0.4, -0.2) is 41.9 Å². The summed E-state index contributed by atoms with van der Waals surface area (Å²) >= 11 is 0. The predicted molar refractivity (Wildman–Crippen MR) is 42.4 cm³/mol. The van der Waals surface area contributed by atoms with Crippen molar-refractivity contribution in [3.8, 4) is 0 Å². The number of hydrogen-bond donors (Lipinski definition) is 1. The van der Waals surface area contributed by atoms with Crippen LogP contribution in [0, 0.1) is 0 Å². The number of hydrogen-bond acceptors (Lipinski definition) is 2. The maximum Gasteiger partial charge on any atom is 0.401 e. The molecular weight excluding hydrogens is 183 g/mol. The standard InChI is InChI=1S/C8H14F3NO/c9-8(10,11)6-12(4-5-13)7-2-1-3-7/h7,13H,1-6H2. The molecule has 0 saturated heterocycles. The van der Waals surface area contributed by atoms with E-state index in [1.165, 1.54) is 4.90 Å². The molecule has 1 aliphatic carbocycles. The highest BCUT2D eigenvalue weighted by atomic mass is 19.4. The third-order valence-electron chi connectivity index (χ3n) is 2.36. The molecule has 0 atom stereocenters. The Labute approximate surface area is 75.3 Å². The largest absolute Gasteiger partial charge is 0.401 e. The predicted octanol–water partition coefficient (Wildman–Crippen LogP) is 1.40. The summed E-state index contributed by atoms with van der Waals surface area (Å²) in [5.74, 6) is 0. The molecule has 0 spiro atoms. The monoisotopic (exact) mass is 197 g/mol. The average Bonchev–Trinajstić information content (AvgIpc) is 1.79. The SMILES string of the molecule is OCCN(CC(F)(F)F)C1CCC1. The maximum atomic E-state index is 12.0. The Morgan fingerprint density at radius 2 is 1.92 bits per heavy atom. The van der Waals surface area contributed by atoms with Crippen molar-refractivity contribution >= 4 is 0 Å². The molecule has 1 aliphatic rings. The van der Waals surface area contributed by atoms with Crippen molar-refractivity contribution in [2.24, 2.45) is 0 Å². The van der Waals surface area contributed by atoms with Gasteiger partial charge in [0.1, 0.15) is 0 Å². The van der Waals surface area contributed by atoms with Gasteiger partial charge in [0.05, 0.1) is 13.2 Å². The van der Waals surface area contributed by atoms with E-state index in [9.17, 15) is 13.2 Å². The van der Waals surface area contributed by atoms with Crippen molar-refractivity contribution in [3.05, 3.63) is 0 Å². The molecule has 0 bridgehead atoms. The number of aliphatic hydroxyl groups is 1. The van der Waals surface area contributed by atoms with Crippen molar-refractivity contribution < 1.29 is 18.3 Å². The fourth-order valence-corrected chi connectivity index (χ4v) is 1.50. The summed E-state index contributed by atoms with van der Waals surface area (Å²) in [5, 5.41) is 8.59. The molecule has 0 aliphatic heterocycles. The molecule has 0 aromatic rings. The van der Waals surface area contributed by atoms with Gasteiger partial charge in [0, 0.05) is 12.6 Å². The minimum absolute atomic E-state index is 0.0359. The van der Waals surface area contributed by atoms with E-state index in [1.54, 1.807) is 0 Å². The Morgan fingerprint density at radius 1 is 1.31 bits per heavy atom. The molecule has 5 heteroatoms. The van der Waals surface area contributed by atoms with Gasteiger partial charge in [0.2, 0.25) is 0 Å². The minimum Gasteiger partial charge on any atom is -0.395 e. The molecule has 1 rings (SSSR count). The fourth-order valence-electron chi connectivity index (χ4n) is 1.50. The van der Waals surface area contributed by atoms with Gasteiger partial charge in [-0.3, -0.25) is 4.90 Å². The molecule has 0 unspecified atom stereocenters. The first-order valence-electron chi connectivity index (χ1n) is 4.44. The molecule has 0 amide bonds. The topological polar surface area (TPSA) is 23.5 Å². The summed E-state index contributed by atoms with van der Waals surface area (Å²) in [4.78, 5) is 1.32. The lowest BCUT2D eigenvalue weighted by atomic mass is 9.91. The van der Waals surface area contributed by atoms with Gasteiger partial charge in [-0.05, 0) is 12.8 Å². The molecule has 13 heavy (non-hydrogen) atoms. The summed E-state index contributed by atoms with van der Waals surface area (Å²) in [6.07, 6.45) is -1.48. The number of rotatable bonds is 4. The first-order chi connectivity index (χ1) is 6.03. The quantitative estimate of drug-likeness (QED) is 0.736. The molecule has 0 radical (unpaired) electrons. The van der Waals surface area contributed by atoms with E-state index in [4.69, 9.17) is 5.11 Å². The Kier molecular flexibility index (Phi) is 3.55. The van der Waals surface area contributed by atoms with Crippen molar-refractivity contribution in [1.82, 2.24) is 4.90 Å². The highest BCUT2D eigenvalue weighted by Gasteiger charge is 2.35. The minimum atomic E-state index is -4.15. The van der Waals surface area contributed by atoms with Crippen LogP contribution in [0.25, 0.3) is 0 Å². The van der Waals surface area contributed by atoms with E-state index in [0.717, 1.165) is 19.3 Å². The Morgan fingerprint density at radius 3 is 2.23 bits per heavy atom. The van der Waals surface area contributed by atoms with Crippen molar-refractivity contribution in [1.29, 1.82) is 0 Å². The zero-order valence-electron chi connectivity index (χ0n) is 7.35. The van der Waals surface area contributed by atoms with Crippen LogP contribution >= 0.6 is 0 Å². The average molecular weight is 197 g/mol. The zero-order chi connectivity index (χ0) is 9.90. The molecule has 0 heterocycles. The van der Waals surface area contributed by atoms with Crippen LogP contribution in [0.1, 0.15) is 19.3 Å². The molecule has 1 N–H and O–H groups in total. The lowest BCUT2D eigenvalue weighted by molar-refractivity contribution is -0.155. The van der Waals surface area contributed by atoms with Gasteiger partial charge in [-0.1, -0.05) is 6.42 Å². The summed E-state index contributed by atoms with van der Waals surface area (Å²) in [7, 11) is 0. The van der Waals surface area contributed by atoms with Crippen LogP contribution in [0.2, 0.25) is 0 Å². The molecular formula is C8H14F3NO. The number of alkyl halides is 3. The van der Waals surface area contributed by atoms with Gasteiger partial charge in [-0.2, -0.15) is 13.2 Å². The number of halogens is 3. The summed E-state index contributed by atoms with van der Waals surface area (Å²) in [6.45, 7) is -0.963. The normalized spacial score (nSPS) is 19.2. The second kappa shape index (κ2) is 4.28. The lowest BCUT2D eigenvalue weighted by Crippen LogP contribution is -2.46. The smallest absolute Gasteiger partial charge is 0.395 e. The fraction of sp³-hybridized carbons (Fsp3) is 1.00. The van der Waals surface area contributed by atoms with E-state index in [-0.39, 0.29) is 19.2 Å². The van der Waals surface area contributed by atoms with Crippen LogP contribution in [0.4, 0.5) is 13.2 Å². The highest BCUT2D eigenvalue weighted by molar-refractivity contribution is 4.81. The first-order valence-corrected chi connectivity index (χ1v) is 4.44. The molecule has 1 saturated carbocycles. The van der Waals surface area contributed by atoms with Crippen LogP contribution in [-0.2, 0) is 0 Å². The number of aliphatic hydroxyl groups excluding tert-OH is 1. The van der Waals surface area contributed by atoms with Gasteiger partial charge in [0.15, 0.2) is 0 Å². The second-order valence-electron chi connectivity index (χ2n) is 3.39. The van der Waals surface area contributed by atoms with Crippen molar-refractivity contribution in [3.63, 3.8) is 0 Å². The van der Waals surface area contributed by atoms with Gasteiger partial charge in [-0.25, -0.2) is 0 Å². The second-order valence-corrected chi connectivity index (χ2v) is 3.39. The Bertz CT molecular complexity index is 156. The molecule has 2 nitrogen and oxygen atoms in total. The van der Waals surface area contributed by atoms with Gasteiger partial charge < -0.3 is 5.11 Å². The van der Waals surface area contributed by atoms with Crippen molar-refractivity contribution in [2.45, 2.75) is 31.5 Å². The number of nitrogens with zero attached hydrogens (tertiary/aromatic N) is 1. The molecule has 0 aromatic heterocycles. The van der Waals surface area contributed by atoms with E-state index >= 15 is 0 Å². The summed E-state index contributed by atoms with van der Waals surface area (Å²) in [5.41, 5.74) is 0. The van der Waals surface area contributed by atoms with E-state index in [2.05, 4.69) is 0 Å². The van der Waals surface area contributed by atoms with Crippen LogP contribution in [0.3, 0.4) is 0 Å². The molecule has 78 valence electrons. The van der Waals surface area contributed by atoms with Crippen LogP contribution in [0.15, 0.2) is 0 Å². The van der Waals surface area contributed by atoms with Gasteiger partial charge in [-0.15, -0.1) is 0 Å². The van der Waals surface area contributed by atoms with Crippen LogP contribution < -0.4 is 0 Å².